The molecule has 0 spiro atoms. The van der Waals surface area contributed by atoms with Gasteiger partial charge < -0.3 is 10.6 Å². The van der Waals surface area contributed by atoms with Crippen molar-refractivity contribution in [3.8, 4) is 0 Å². The highest BCUT2D eigenvalue weighted by Crippen LogP contribution is 2.35. The Bertz CT molecular complexity index is 725. The second-order valence-electron chi connectivity index (χ2n) is 6.17. The molecule has 0 atom stereocenters. The first-order valence-electron chi connectivity index (χ1n) is 7.74. The van der Waals surface area contributed by atoms with E-state index in [4.69, 9.17) is 11.6 Å². The predicted octanol–water partition coefficient (Wildman–Crippen LogP) is 4.91. The molecule has 2 N–H and O–H groups in total. The summed E-state index contributed by atoms with van der Waals surface area (Å²) in [5.41, 5.74) is 0.839. The molecule has 3 rings (SSSR count). The molecule has 0 aliphatic heterocycles. The number of hydrogen-bond donors (Lipinski definition) is 2. The van der Waals surface area contributed by atoms with Gasteiger partial charge in [0.15, 0.2) is 0 Å². The molecule has 3 nitrogen and oxygen atoms in total. The summed E-state index contributed by atoms with van der Waals surface area (Å²) >= 11 is 5.89. The summed E-state index contributed by atoms with van der Waals surface area (Å²) in [5.74, 6) is -1.46. The fraction of sp³-hybridized carbons (Fsp3) is 0.278. The smallest absolute Gasteiger partial charge is 0.319 e. The Hall–Kier alpha value is -2.14. The first-order valence-corrected chi connectivity index (χ1v) is 8.12. The molecule has 1 fully saturated rings. The van der Waals surface area contributed by atoms with Crippen LogP contribution in [0.1, 0.15) is 24.8 Å². The highest BCUT2D eigenvalue weighted by atomic mass is 35.5. The summed E-state index contributed by atoms with van der Waals surface area (Å²) in [6, 6.07) is 9.96. The highest BCUT2D eigenvalue weighted by Gasteiger charge is 2.38. The number of hydrogen-bond acceptors (Lipinski definition) is 1. The van der Waals surface area contributed by atoms with Crippen molar-refractivity contribution >= 4 is 23.3 Å². The lowest BCUT2D eigenvalue weighted by molar-refractivity contribution is 0.183. The number of halogens is 3. The third kappa shape index (κ3) is 4.03. The quantitative estimate of drug-likeness (QED) is 0.808. The van der Waals surface area contributed by atoms with E-state index in [-0.39, 0.29) is 11.2 Å². The topological polar surface area (TPSA) is 41.1 Å². The maximum absolute atomic E-state index is 13.2. The van der Waals surface area contributed by atoms with Crippen LogP contribution in [-0.4, -0.2) is 11.6 Å². The van der Waals surface area contributed by atoms with Crippen molar-refractivity contribution in [3.05, 3.63) is 64.7 Å². The van der Waals surface area contributed by atoms with E-state index in [1.165, 1.54) is 0 Å². The molecule has 1 aliphatic rings. The number of urea groups is 1. The maximum atomic E-state index is 13.2. The molecule has 1 saturated carbocycles. The van der Waals surface area contributed by atoms with Crippen molar-refractivity contribution in [2.24, 2.45) is 0 Å². The summed E-state index contributed by atoms with van der Waals surface area (Å²) in [6.07, 6.45) is 3.44. The van der Waals surface area contributed by atoms with Gasteiger partial charge in [-0.15, -0.1) is 0 Å². The normalized spacial score (nSPS) is 15.5. The summed E-state index contributed by atoms with van der Waals surface area (Å²) < 4.78 is 26.4. The molecule has 0 saturated heterocycles. The van der Waals surface area contributed by atoms with Crippen molar-refractivity contribution in [2.45, 2.75) is 31.2 Å². The van der Waals surface area contributed by atoms with Crippen LogP contribution < -0.4 is 10.6 Å². The molecule has 6 heteroatoms. The van der Waals surface area contributed by atoms with Crippen molar-refractivity contribution < 1.29 is 13.6 Å². The van der Waals surface area contributed by atoms with Crippen molar-refractivity contribution in [3.63, 3.8) is 0 Å². The van der Waals surface area contributed by atoms with Gasteiger partial charge in [0.25, 0.3) is 0 Å². The van der Waals surface area contributed by atoms with Crippen LogP contribution in [-0.2, 0) is 6.42 Å². The van der Waals surface area contributed by atoms with Gasteiger partial charge in [-0.2, -0.15) is 0 Å². The Morgan fingerprint density at radius 3 is 2.25 bits per heavy atom. The maximum Gasteiger partial charge on any atom is 0.319 e. The van der Waals surface area contributed by atoms with Crippen molar-refractivity contribution in [2.75, 3.05) is 5.32 Å². The minimum Gasteiger partial charge on any atom is -0.332 e. The van der Waals surface area contributed by atoms with E-state index in [0.717, 1.165) is 43.0 Å². The van der Waals surface area contributed by atoms with Gasteiger partial charge in [-0.1, -0.05) is 23.7 Å². The molecule has 0 bridgehead atoms. The monoisotopic (exact) mass is 350 g/mol. The fourth-order valence-electron chi connectivity index (χ4n) is 2.97. The van der Waals surface area contributed by atoms with Crippen LogP contribution in [0.3, 0.4) is 0 Å². The molecule has 1 aliphatic carbocycles. The Balaban J connectivity index is 1.65. The second-order valence-corrected chi connectivity index (χ2v) is 6.61. The second kappa shape index (κ2) is 6.77. The van der Waals surface area contributed by atoms with Gasteiger partial charge in [0, 0.05) is 22.3 Å². The third-order valence-corrected chi connectivity index (χ3v) is 4.52. The number of anilines is 1. The minimum absolute atomic E-state index is 0.0889. The van der Waals surface area contributed by atoms with Gasteiger partial charge >= 0.3 is 6.03 Å². The van der Waals surface area contributed by atoms with Crippen LogP contribution >= 0.6 is 11.6 Å². The van der Waals surface area contributed by atoms with Crippen LogP contribution in [0.15, 0.2) is 42.5 Å². The molecular weight excluding hydrogens is 334 g/mol. The Morgan fingerprint density at radius 2 is 1.71 bits per heavy atom. The largest absolute Gasteiger partial charge is 0.332 e. The minimum atomic E-state index is -0.732. The van der Waals surface area contributed by atoms with Crippen molar-refractivity contribution in [1.82, 2.24) is 5.32 Å². The lowest BCUT2D eigenvalue weighted by atomic mass is 9.73. The summed E-state index contributed by atoms with van der Waals surface area (Å²) in [7, 11) is 0. The number of nitrogens with one attached hydrogen (secondary N) is 2. The molecule has 0 heterocycles. The fourth-order valence-corrected chi connectivity index (χ4v) is 3.10. The highest BCUT2D eigenvalue weighted by molar-refractivity contribution is 6.30. The third-order valence-electron chi connectivity index (χ3n) is 4.27. The summed E-state index contributed by atoms with van der Waals surface area (Å²) in [5, 5.41) is 6.11. The van der Waals surface area contributed by atoms with Gasteiger partial charge in [-0.05, 0) is 55.5 Å². The molecule has 0 aromatic heterocycles. The van der Waals surface area contributed by atoms with Gasteiger partial charge in [0.1, 0.15) is 11.6 Å². The van der Waals surface area contributed by atoms with Gasteiger partial charge in [-0.3, -0.25) is 0 Å². The molecule has 0 radical (unpaired) electrons. The van der Waals surface area contributed by atoms with E-state index in [0.29, 0.717) is 11.4 Å². The van der Waals surface area contributed by atoms with Crippen LogP contribution in [0.5, 0.6) is 0 Å². The lowest BCUT2D eigenvalue weighted by Crippen LogP contribution is -2.56. The van der Waals surface area contributed by atoms with Gasteiger partial charge in [0.05, 0.1) is 0 Å². The number of carbonyl (C=O) groups excluding carboxylic acids is 1. The summed E-state index contributed by atoms with van der Waals surface area (Å²) in [6.45, 7) is 0. The molecule has 0 unspecified atom stereocenters. The van der Waals surface area contributed by atoms with E-state index in [2.05, 4.69) is 10.6 Å². The van der Waals surface area contributed by atoms with Gasteiger partial charge in [-0.25, -0.2) is 13.6 Å². The van der Waals surface area contributed by atoms with Crippen LogP contribution in [0, 0.1) is 11.6 Å². The molecule has 2 aromatic carbocycles. The number of rotatable bonds is 4. The van der Waals surface area contributed by atoms with E-state index in [9.17, 15) is 13.6 Å². The zero-order valence-electron chi connectivity index (χ0n) is 12.9. The first-order chi connectivity index (χ1) is 11.4. The average molecular weight is 351 g/mol. The Labute approximate surface area is 144 Å². The Morgan fingerprint density at radius 1 is 1.08 bits per heavy atom. The van der Waals surface area contributed by atoms with Crippen LogP contribution in [0.25, 0.3) is 0 Å². The number of benzene rings is 2. The predicted molar refractivity (Wildman–Crippen MR) is 90.3 cm³/mol. The molecule has 2 aromatic rings. The molecule has 24 heavy (non-hydrogen) atoms. The van der Waals surface area contributed by atoms with E-state index < -0.39 is 17.7 Å². The number of carbonyl (C=O) groups is 1. The van der Waals surface area contributed by atoms with Crippen LogP contribution in [0.2, 0.25) is 5.02 Å². The number of amides is 2. The molecule has 126 valence electrons. The van der Waals surface area contributed by atoms with E-state index in [1.807, 2.05) is 24.3 Å². The first kappa shape index (κ1) is 16.7. The van der Waals surface area contributed by atoms with E-state index >= 15 is 0 Å². The molecular formula is C18H17ClF2N2O. The Kier molecular flexibility index (Phi) is 4.71. The van der Waals surface area contributed by atoms with Gasteiger partial charge in [0.2, 0.25) is 0 Å². The van der Waals surface area contributed by atoms with Crippen molar-refractivity contribution in [1.29, 1.82) is 0 Å². The van der Waals surface area contributed by atoms with E-state index in [1.54, 1.807) is 0 Å². The zero-order chi connectivity index (χ0) is 17.2. The van der Waals surface area contributed by atoms with Crippen LogP contribution in [0.4, 0.5) is 19.3 Å². The standard InChI is InChI=1S/C18H17ClF2N2O/c19-13-4-2-12(3-5-13)11-18(6-1-7-18)23-17(24)22-16-9-14(20)8-15(21)10-16/h2-5,8-10H,1,6-7,11H2,(H2,22,23,24). The SMILES string of the molecule is O=C(Nc1cc(F)cc(F)c1)NC1(Cc2ccc(Cl)cc2)CCC1. The molecule has 2 amide bonds. The zero-order valence-corrected chi connectivity index (χ0v) is 13.7. The average Bonchev–Trinajstić information content (AvgIpc) is 2.46. The lowest BCUT2D eigenvalue weighted by Gasteiger charge is -2.42. The summed E-state index contributed by atoms with van der Waals surface area (Å²) in [4.78, 5) is 12.2.